The molecule has 2 aromatic rings. The van der Waals surface area contributed by atoms with Crippen molar-refractivity contribution in [2.24, 2.45) is 0 Å². The van der Waals surface area contributed by atoms with Crippen molar-refractivity contribution >= 4 is 15.9 Å². The second-order valence-electron chi connectivity index (χ2n) is 4.36. The number of hydrogen-bond acceptors (Lipinski definition) is 3. The van der Waals surface area contributed by atoms with Crippen LogP contribution in [-0.2, 0) is 6.54 Å². The van der Waals surface area contributed by atoms with Crippen LogP contribution >= 0.6 is 15.9 Å². The topological polar surface area (TPSA) is 47.3 Å². The zero-order valence-corrected chi connectivity index (χ0v) is 12.9. The number of nitrogens with zero attached hydrogens (tertiary/aromatic N) is 2. The summed E-state index contributed by atoms with van der Waals surface area (Å²) in [6.45, 7) is 2.66. The molecule has 1 N–H and O–H groups in total. The molecule has 4 nitrogen and oxygen atoms in total. The zero-order chi connectivity index (χ0) is 14.7. The van der Waals surface area contributed by atoms with Gasteiger partial charge in [-0.3, -0.25) is 4.68 Å². The van der Waals surface area contributed by atoms with Gasteiger partial charge in [-0.1, -0.05) is 13.0 Å². The Hall–Kier alpha value is -1.40. The average Bonchev–Trinajstić information content (AvgIpc) is 2.79. The van der Waals surface area contributed by atoms with Crippen molar-refractivity contribution in [2.75, 3.05) is 7.11 Å². The monoisotopic (exact) mass is 342 g/mol. The molecule has 0 aliphatic heterocycles. The van der Waals surface area contributed by atoms with Crippen LogP contribution in [0.2, 0.25) is 0 Å². The van der Waals surface area contributed by atoms with Gasteiger partial charge in [0.15, 0.2) is 0 Å². The Kier molecular flexibility index (Phi) is 4.77. The molecule has 0 radical (unpaired) electrons. The van der Waals surface area contributed by atoms with E-state index in [2.05, 4.69) is 21.0 Å². The van der Waals surface area contributed by atoms with Crippen LogP contribution in [0.3, 0.4) is 0 Å². The van der Waals surface area contributed by atoms with Crippen molar-refractivity contribution in [1.82, 2.24) is 9.78 Å². The molecule has 0 bridgehead atoms. The average molecular weight is 343 g/mol. The van der Waals surface area contributed by atoms with Gasteiger partial charge in [-0.2, -0.15) is 5.10 Å². The van der Waals surface area contributed by atoms with Crippen LogP contribution in [0.15, 0.2) is 28.9 Å². The molecule has 108 valence electrons. The number of hydrogen-bond donors (Lipinski definition) is 1. The Bertz CT molecular complexity index is 601. The predicted octanol–water partition coefficient (Wildman–Crippen LogP) is 3.29. The summed E-state index contributed by atoms with van der Waals surface area (Å²) in [7, 11) is 1.45. The third-order valence-electron chi connectivity index (χ3n) is 3.03. The number of ether oxygens (including phenoxy) is 1. The largest absolute Gasteiger partial charge is 0.496 e. The summed E-state index contributed by atoms with van der Waals surface area (Å²) in [5.74, 6) is -0.193. The summed E-state index contributed by atoms with van der Waals surface area (Å²) in [6.07, 6.45) is 1.32. The maximum Gasteiger partial charge on any atom is 0.133 e. The number of aliphatic hydroxyl groups is 1. The van der Waals surface area contributed by atoms with E-state index >= 15 is 0 Å². The van der Waals surface area contributed by atoms with Crippen molar-refractivity contribution in [3.05, 3.63) is 45.9 Å². The number of methoxy groups -OCH3 is 1. The molecule has 0 spiro atoms. The van der Waals surface area contributed by atoms with Gasteiger partial charge in [0.2, 0.25) is 0 Å². The van der Waals surface area contributed by atoms with Crippen LogP contribution in [0.5, 0.6) is 5.75 Å². The lowest BCUT2D eigenvalue weighted by Gasteiger charge is -2.17. The van der Waals surface area contributed by atoms with Crippen LogP contribution in [0, 0.1) is 5.82 Å². The molecule has 0 fully saturated rings. The first-order valence-electron chi connectivity index (χ1n) is 6.31. The molecular formula is C14H16BrFN2O2. The Morgan fingerprint density at radius 3 is 2.90 bits per heavy atom. The molecular weight excluding hydrogens is 327 g/mol. The van der Waals surface area contributed by atoms with Gasteiger partial charge >= 0.3 is 0 Å². The highest BCUT2D eigenvalue weighted by Gasteiger charge is 2.25. The van der Waals surface area contributed by atoms with E-state index in [9.17, 15) is 9.50 Å². The van der Waals surface area contributed by atoms with Crippen LogP contribution in [-0.4, -0.2) is 22.0 Å². The second kappa shape index (κ2) is 6.37. The molecule has 1 aromatic heterocycles. The Morgan fingerprint density at radius 1 is 1.50 bits per heavy atom. The number of aliphatic hydroxyl groups excluding tert-OH is 1. The van der Waals surface area contributed by atoms with Crippen molar-refractivity contribution in [1.29, 1.82) is 0 Å². The second-order valence-corrected chi connectivity index (χ2v) is 5.21. The lowest BCUT2D eigenvalue weighted by atomic mass is 10.0. The molecule has 0 saturated heterocycles. The summed E-state index contributed by atoms with van der Waals surface area (Å²) in [4.78, 5) is 0. The van der Waals surface area contributed by atoms with E-state index < -0.39 is 11.9 Å². The number of rotatable bonds is 5. The van der Waals surface area contributed by atoms with E-state index in [1.165, 1.54) is 13.2 Å². The van der Waals surface area contributed by atoms with E-state index in [4.69, 9.17) is 4.74 Å². The maximum absolute atomic E-state index is 14.0. The summed E-state index contributed by atoms with van der Waals surface area (Å²) in [5.41, 5.74) is 0.642. The highest BCUT2D eigenvalue weighted by atomic mass is 79.9. The molecule has 6 heteroatoms. The number of aromatic nitrogens is 2. The van der Waals surface area contributed by atoms with Crippen LogP contribution in [0.25, 0.3) is 0 Å². The smallest absolute Gasteiger partial charge is 0.133 e. The molecule has 0 saturated carbocycles. The molecule has 1 heterocycles. The van der Waals surface area contributed by atoms with Crippen LogP contribution < -0.4 is 4.74 Å². The van der Waals surface area contributed by atoms with Gasteiger partial charge in [0.1, 0.15) is 17.7 Å². The summed E-state index contributed by atoms with van der Waals surface area (Å²) < 4.78 is 21.5. The summed E-state index contributed by atoms with van der Waals surface area (Å²) in [6, 6.07) is 4.47. The Balaban J connectivity index is 2.51. The molecule has 1 aromatic carbocycles. The summed E-state index contributed by atoms with van der Waals surface area (Å²) >= 11 is 3.35. The van der Waals surface area contributed by atoms with Crippen molar-refractivity contribution in [2.45, 2.75) is 26.0 Å². The minimum absolute atomic E-state index is 0.119. The third-order valence-corrected chi connectivity index (χ3v) is 3.64. The number of aryl methyl sites for hydroxylation is 1. The van der Waals surface area contributed by atoms with Crippen molar-refractivity contribution in [3.8, 4) is 5.75 Å². The van der Waals surface area contributed by atoms with Crippen LogP contribution in [0.1, 0.15) is 30.7 Å². The maximum atomic E-state index is 14.0. The fourth-order valence-corrected chi connectivity index (χ4v) is 2.64. The molecule has 2 rings (SSSR count). The Morgan fingerprint density at radius 2 is 2.25 bits per heavy atom. The van der Waals surface area contributed by atoms with E-state index in [0.717, 1.165) is 6.42 Å². The van der Waals surface area contributed by atoms with Gasteiger partial charge < -0.3 is 9.84 Å². The fourth-order valence-electron chi connectivity index (χ4n) is 2.13. The first kappa shape index (κ1) is 15.0. The lowest BCUT2D eigenvalue weighted by molar-refractivity contribution is 0.196. The van der Waals surface area contributed by atoms with E-state index in [1.54, 1.807) is 23.0 Å². The first-order chi connectivity index (χ1) is 9.60. The van der Waals surface area contributed by atoms with E-state index in [-0.39, 0.29) is 5.56 Å². The number of halogens is 2. The van der Waals surface area contributed by atoms with Crippen LogP contribution in [0.4, 0.5) is 4.39 Å². The highest BCUT2D eigenvalue weighted by molar-refractivity contribution is 9.10. The molecule has 1 atom stereocenters. The van der Waals surface area contributed by atoms with Gasteiger partial charge in [-0.15, -0.1) is 0 Å². The SMILES string of the molecule is CCCn1ncc(Br)c1C(O)c1c(F)cccc1OC. The standard InChI is InChI=1S/C14H16BrFN2O2/c1-3-7-18-13(9(15)8-17-18)14(19)12-10(16)5-4-6-11(12)20-2/h4-6,8,14,19H,3,7H2,1-2H3. The van der Waals surface area contributed by atoms with Gasteiger partial charge in [-0.05, 0) is 34.5 Å². The summed E-state index contributed by atoms with van der Waals surface area (Å²) in [5, 5.41) is 14.7. The van der Waals surface area contributed by atoms with Crippen molar-refractivity contribution < 1.29 is 14.2 Å². The van der Waals surface area contributed by atoms with Crippen molar-refractivity contribution in [3.63, 3.8) is 0 Å². The molecule has 1 unspecified atom stereocenters. The van der Waals surface area contributed by atoms with Gasteiger partial charge in [0.05, 0.1) is 29.0 Å². The minimum Gasteiger partial charge on any atom is -0.496 e. The first-order valence-corrected chi connectivity index (χ1v) is 7.11. The minimum atomic E-state index is -1.14. The van der Waals surface area contributed by atoms with Gasteiger partial charge in [0, 0.05) is 6.54 Å². The lowest BCUT2D eigenvalue weighted by Crippen LogP contribution is -2.13. The molecule has 0 aliphatic carbocycles. The Labute approximate surface area is 125 Å². The van der Waals surface area contributed by atoms with Gasteiger partial charge in [-0.25, -0.2) is 4.39 Å². The van der Waals surface area contributed by atoms with Gasteiger partial charge in [0.25, 0.3) is 0 Å². The van der Waals surface area contributed by atoms with E-state index in [0.29, 0.717) is 22.5 Å². The molecule has 20 heavy (non-hydrogen) atoms. The highest BCUT2D eigenvalue weighted by Crippen LogP contribution is 2.35. The molecule has 0 aliphatic rings. The fraction of sp³-hybridized carbons (Fsp3) is 0.357. The number of benzene rings is 1. The van der Waals surface area contributed by atoms with E-state index in [1.807, 2.05) is 6.92 Å². The normalized spacial score (nSPS) is 12.4. The molecule has 0 amide bonds. The zero-order valence-electron chi connectivity index (χ0n) is 11.3. The predicted molar refractivity (Wildman–Crippen MR) is 77.2 cm³/mol. The quantitative estimate of drug-likeness (QED) is 0.906. The third kappa shape index (κ3) is 2.71.